The standard InChI is InChI=1S/C15H23NO2/c1-11-9-13-10-16(8-7-14(13)18-11)15(17)12-5-3-2-4-6-12/h5,11,13-14H,2-4,6-10H2,1H3/t11-,13-,14+/m1/s1. The Kier molecular flexibility index (Phi) is 3.42. The van der Waals surface area contributed by atoms with E-state index in [1.807, 2.05) is 0 Å². The lowest BCUT2D eigenvalue weighted by Gasteiger charge is -2.35. The number of allylic oxidation sites excluding steroid dienone is 1. The summed E-state index contributed by atoms with van der Waals surface area (Å²) >= 11 is 0. The fraction of sp³-hybridized carbons (Fsp3) is 0.800. The SMILES string of the molecule is C[C@@H]1C[C@@H]2CN(C(=O)C3=CCCCC3)CC[C@@H]2O1. The first-order valence-electron chi connectivity index (χ1n) is 7.38. The van der Waals surface area contributed by atoms with Crippen LogP contribution in [-0.2, 0) is 9.53 Å². The number of nitrogens with zero attached hydrogens (tertiary/aromatic N) is 1. The Bertz CT molecular complexity index is 364. The molecule has 0 bridgehead atoms. The van der Waals surface area contributed by atoms with Crippen molar-refractivity contribution in [2.24, 2.45) is 5.92 Å². The van der Waals surface area contributed by atoms with E-state index < -0.39 is 0 Å². The number of amides is 1. The first-order valence-corrected chi connectivity index (χ1v) is 7.38. The van der Waals surface area contributed by atoms with Gasteiger partial charge in [-0.2, -0.15) is 0 Å². The number of piperidine rings is 1. The fourth-order valence-electron chi connectivity index (χ4n) is 3.62. The van der Waals surface area contributed by atoms with Gasteiger partial charge in [0.2, 0.25) is 5.91 Å². The summed E-state index contributed by atoms with van der Waals surface area (Å²) in [5.41, 5.74) is 1.06. The third-order valence-electron chi connectivity index (χ3n) is 4.56. The summed E-state index contributed by atoms with van der Waals surface area (Å²) in [7, 11) is 0. The minimum atomic E-state index is 0.299. The average molecular weight is 249 g/mol. The Morgan fingerprint density at radius 3 is 3.11 bits per heavy atom. The van der Waals surface area contributed by atoms with Crippen LogP contribution >= 0.6 is 0 Å². The van der Waals surface area contributed by atoms with Crippen LogP contribution in [0.5, 0.6) is 0 Å². The van der Waals surface area contributed by atoms with Crippen molar-refractivity contribution in [2.45, 2.75) is 57.7 Å². The van der Waals surface area contributed by atoms with E-state index in [9.17, 15) is 4.79 Å². The van der Waals surface area contributed by atoms with Gasteiger partial charge in [0.1, 0.15) is 0 Å². The summed E-state index contributed by atoms with van der Waals surface area (Å²) in [5, 5.41) is 0. The molecule has 0 N–H and O–H groups in total. The third-order valence-corrected chi connectivity index (χ3v) is 4.56. The zero-order valence-electron chi connectivity index (χ0n) is 11.2. The zero-order valence-corrected chi connectivity index (χ0v) is 11.2. The number of fused-ring (bicyclic) bond motifs is 1. The fourth-order valence-corrected chi connectivity index (χ4v) is 3.62. The normalized spacial score (nSPS) is 36.2. The molecular formula is C15H23NO2. The summed E-state index contributed by atoms with van der Waals surface area (Å²) in [5.74, 6) is 0.870. The van der Waals surface area contributed by atoms with Crippen LogP contribution in [0.15, 0.2) is 11.6 Å². The van der Waals surface area contributed by atoms with Gasteiger partial charge < -0.3 is 9.64 Å². The van der Waals surface area contributed by atoms with Crippen molar-refractivity contribution in [1.29, 1.82) is 0 Å². The highest BCUT2D eigenvalue weighted by molar-refractivity contribution is 5.93. The molecular weight excluding hydrogens is 226 g/mol. The van der Waals surface area contributed by atoms with Crippen LogP contribution in [-0.4, -0.2) is 36.1 Å². The van der Waals surface area contributed by atoms with E-state index in [0.29, 0.717) is 24.0 Å². The second-order valence-corrected chi connectivity index (χ2v) is 6.00. The van der Waals surface area contributed by atoms with Crippen LogP contribution in [0.3, 0.4) is 0 Å². The number of hydrogen-bond donors (Lipinski definition) is 0. The van der Waals surface area contributed by atoms with Gasteiger partial charge in [0, 0.05) is 24.6 Å². The summed E-state index contributed by atoms with van der Waals surface area (Å²) in [6, 6.07) is 0. The van der Waals surface area contributed by atoms with Gasteiger partial charge in [0.25, 0.3) is 0 Å². The van der Waals surface area contributed by atoms with E-state index in [2.05, 4.69) is 17.9 Å². The third kappa shape index (κ3) is 2.33. The van der Waals surface area contributed by atoms with E-state index >= 15 is 0 Å². The molecule has 0 unspecified atom stereocenters. The van der Waals surface area contributed by atoms with Gasteiger partial charge in [0.15, 0.2) is 0 Å². The van der Waals surface area contributed by atoms with E-state index in [0.717, 1.165) is 44.3 Å². The van der Waals surface area contributed by atoms with Gasteiger partial charge in [-0.3, -0.25) is 4.79 Å². The van der Waals surface area contributed by atoms with Crippen LogP contribution in [0, 0.1) is 5.92 Å². The molecule has 3 nitrogen and oxygen atoms in total. The van der Waals surface area contributed by atoms with Crippen molar-refractivity contribution in [2.75, 3.05) is 13.1 Å². The quantitative estimate of drug-likeness (QED) is 0.714. The van der Waals surface area contributed by atoms with Crippen molar-refractivity contribution in [1.82, 2.24) is 4.90 Å². The molecule has 0 aromatic carbocycles. The second-order valence-electron chi connectivity index (χ2n) is 6.00. The maximum Gasteiger partial charge on any atom is 0.249 e. The number of likely N-dealkylation sites (tertiary alicyclic amines) is 1. The molecule has 3 atom stereocenters. The van der Waals surface area contributed by atoms with Crippen LogP contribution in [0.4, 0.5) is 0 Å². The highest BCUT2D eigenvalue weighted by atomic mass is 16.5. The van der Waals surface area contributed by atoms with Gasteiger partial charge in [-0.25, -0.2) is 0 Å². The Hall–Kier alpha value is -0.830. The molecule has 1 amide bonds. The predicted molar refractivity (Wildman–Crippen MR) is 70.2 cm³/mol. The summed E-state index contributed by atoms with van der Waals surface area (Å²) in [6.07, 6.45) is 9.57. The molecule has 2 heterocycles. The number of carbonyl (C=O) groups is 1. The molecule has 3 rings (SSSR count). The number of hydrogen-bond acceptors (Lipinski definition) is 2. The Morgan fingerprint density at radius 1 is 1.44 bits per heavy atom. The molecule has 1 aliphatic carbocycles. The topological polar surface area (TPSA) is 29.5 Å². The Morgan fingerprint density at radius 2 is 2.33 bits per heavy atom. The van der Waals surface area contributed by atoms with E-state index in [-0.39, 0.29) is 0 Å². The van der Waals surface area contributed by atoms with Gasteiger partial charge in [-0.15, -0.1) is 0 Å². The monoisotopic (exact) mass is 249 g/mol. The maximum atomic E-state index is 12.4. The Labute approximate surface area is 109 Å². The molecule has 3 aliphatic rings. The molecule has 2 saturated heterocycles. The molecule has 0 aromatic rings. The molecule has 100 valence electrons. The second kappa shape index (κ2) is 5.04. The molecule has 2 aliphatic heterocycles. The lowest BCUT2D eigenvalue weighted by atomic mass is 9.91. The van der Waals surface area contributed by atoms with Crippen LogP contribution in [0.1, 0.15) is 45.4 Å². The van der Waals surface area contributed by atoms with Gasteiger partial charge >= 0.3 is 0 Å². The molecule has 0 spiro atoms. The average Bonchev–Trinajstić information content (AvgIpc) is 2.78. The lowest BCUT2D eigenvalue weighted by molar-refractivity contribution is -0.130. The van der Waals surface area contributed by atoms with Crippen LogP contribution in [0.25, 0.3) is 0 Å². The first-order chi connectivity index (χ1) is 8.74. The minimum absolute atomic E-state index is 0.299. The van der Waals surface area contributed by atoms with E-state index in [4.69, 9.17) is 4.74 Å². The predicted octanol–water partition coefficient (Wildman–Crippen LogP) is 2.51. The maximum absolute atomic E-state index is 12.4. The molecule has 3 heteroatoms. The largest absolute Gasteiger partial charge is 0.375 e. The van der Waals surface area contributed by atoms with Gasteiger partial charge in [-0.1, -0.05) is 6.08 Å². The molecule has 18 heavy (non-hydrogen) atoms. The minimum Gasteiger partial charge on any atom is -0.375 e. The van der Waals surface area contributed by atoms with Crippen molar-refractivity contribution in [3.63, 3.8) is 0 Å². The van der Waals surface area contributed by atoms with Crippen molar-refractivity contribution < 1.29 is 9.53 Å². The molecule has 0 aromatic heterocycles. The Balaban J connectivity index is 1.63. The van der Waals surface area contributed by atoms with Crippen LogP contribution < -0.4 is 0 Å². The summed E-state index contributed by atoms with van der Waals surface area (Å²) in [4.78, 5) is 14.5. The number of carbonyl (C=O) groups excluding carboxylic acids is 1. The smallest absolute Gasteiger partial charge is 0.249 e. The van der Waals surface area contributed by atoms with Crippen molar-refractivity contribution in [3.05, 3.63) is 11.6 Å². The van der Waals surface area contributed by atoms with Gasteiger partial charge in [0.05, 0.1) is 12.2 Å². The van der Waals surface area contributed by atoms with E-state index in [1.165, 1.54) is 12.8 Å². The summed E-state index contributed by atoms with van der Waals surface area (Å²) < 4.78 is 5.89. The lowest BCUT2D eigenvalue weighted by Crippen LogP contribution is -2.45. The zero-order chi connectivity index (χ0) is 12.5. The number of rotatable bonds is 1. The molecule has 0 radical (unpaired) electrons. The van der Waals surface area contributed by atoms with Crippen molar-refractivity contribution in [3.8, 4) is 0 Å². The van der Waals surface area contributed by atoms with Crippen molar-refractivity contribution >= 4 is 5.91 Å². The summed E-state index contributed by atoms with van der Waals surface area (Å²) in [6.45, 7) is 3.93. The first kappa shape index (κ1) is 12.2. The highest BCUT2D eigenvalue weighted by Crippen LogP contribution is 2.33. The molecule has 0 saturated carbocycles. The molecule has 2 fully saturated rings. The number of ether oxygens (including phenoxy) is 1. The highest BCUT2D eigenvalue weighted by Gasteiger charge is 2.38. The van der Waals surface area contributed by atoms with Gasteiger partial charge in [-0.05, 0) is 45.4 Å². The van der Waals surface area contributed by atoms with Crippen LogP contribution in [0.2, 0.25) is 0 Å². The van der Waals surface area contributed by atoms with E-state index in [1.54, 1.807) is 0 Å².